The van der Waals surface area contributed by atoms with Gasteiger partial charge in [-0.05, 0) is 31.2 Å². The minimum atomic E-state index is 0.458. The topological polar surface area (TPSA) is 59.9 Å². The molecule has 0 aliphatic rings. The van der Waals surface area contributed by atoms with Crippen molar-refractivity contribution < 1.29 is 4.74 Å². The molecule has 5 heteroatoms. The van der Waals surface area contributed by atoms with Crippen LogP contribution in [0.1, 0.15) is 6.92 Å². The average Bonchev–Trinajstić information content (AvgIpc) is 2.48. The lowest BCUT2D eigenvalue weighted by molar-refractivity contribution is 0.466. The van der Waals surface area contributed by atoms with E-state index in [9.17, 15) is 0 Å². The first-order valence-electron chi connectivity index (χ1n) is 6.44. The Bertz CT molecular complexity index is 724. The number of benzene rings is 1. The van der Waals surface area contributed by atoms with Gasteiger partial charge in [-0.3, -0.25) is 9.97 Å². The van der Waals surface area contributed by atoms with E-state index in [-0.39, 0.29) is 0 Å². The van der Waals surface area contributed by atoms with E-state index < -0.39 is 0 Å². The summed E-state index contributed by atoms with van der Waals surface area (Å²) >= 11 is 0. The van der Waals surface area contributed by atoms with E-state index in [0.29, 0.717) is 11.7 Å². The summed E-state index contributed by atoms with van der Waals surface area (Å²) in [5.74, 6) is 1.88. The molecule has 0 aliphatic heterocycles. The summed E-state index contributed by atoms with van der Waals surface area (Å²) in [5.41, 5.74) is 0.890. The zero-order valence-electron chi connectivity index (χ0n) is 11.1. The van der Waals surface area contributed by atoms with Crippen LogP contribution in [-0.2, 0) is 0 Å². The zero-order chi connectivity index (χ0) is 13.8. The van der Waals surface area contributed by atoms with Crippen molar-refractivity contribution >= 4 is 16.7 Å². The minimum absolute atomic E-state index is 0.458. The SMILES string of the molecule is CCNc1cncc(Oc2cccc3ncccc23)n1. The van der Waals surface area contributed by atoms with Gasteiger partial charge in [0.05, 0.1) is 17.9 Å². The largest absolute Gasteiger partial charge is 0.437 e. The fourth-order valence-corrected chi connectivity index (χ4v) is 1.94. The summed E-state index contributed by atoms with van der Waals surface area (Å²) in [7, 11) is 0. The van der Waals surface area contributed by atoms with Crippen molar-refractivity contribution in [3.05, 3.63) is 48.9 Å². The lowest BCUT2D eigenvalue weighted by Gasteiger charge is -2.08. The third kappa shape index (κ3) is 2.51. The van der Waals surface area contributed by atoms with E-state index in [1.165, 1.54) is 0 Å². The molecule has 0 saturated heterocycles. The number of pyridine rings is 1. The van der Waals surface area contributed by atoms with Gasteiger partial charge in [-0.15, -0.1) is 0 Å². The third-order valence-electron chi connectivity index (χ3n) is 2.79. The van der Waals surface area contributed by atoms with E-state index in [2.05, 4.69) is 20.3 Å². The molecule has 0 fully saturated rings. The van der Waals surface area contributed by atoms with Gasteiger partial charge in [0.2, 0.25) is 5.88 Å². The molecule has 1 N–H and O–H groups in total. The van der Waals surface area contributed by atoms with Gasteiger partial charge < -0.3 is 10.1 Å². The highest BCUT2D eigenvalue weighted by Crippen LogP contribution is 2.27. The minimum Gasteiger partial charge on any atom is -0.437 e. The molecule has 0 saturated carbocycles. The molecule has 3 aromatic rings. The second kappa shape index (κ2) is 5.52. The molecule has 0 radical (unpaired) electrons. The lowest BCUT2D eigenvalue weighted by atomic mass is 10.2. The van der Waals surface area contributed by atoms with Crippen LogP contribution in [0.5, 0.6) is 11.6 Å². The van der Waals surface area contributed by atoms with Crippen LogP contribution in [0.3, 0.4) is 0 Å². The summed E-state index contributed by atoms with van der Waals surface area (Å²) in [6.07, 6.45) is 5.02. The van der Waals surface area contributed by atoms with Gasteiger partial charge in [0, 0.05) is 18.1 Å². The summed E-state index contributed by atoms with van der Waals surface area (Å²) in [6, 6.07) is 9.61. The van der Waals surface area contributed by atoms with E-state index in [1.54, 1.807) is 18.6 Å². The van der Waals surface area contributed by atoms with Crippen LogP contribution >= 0.6 is 0 Å². The first kappa shape index (κ1) is 12.3. The number of nitrogens with one attached hydrogen (secondary N) is 1. The van der Waals surface area contributed by atoms with Gasteiger partial charge in [-0.2, -0.15) is 4.98 Å². The summed E-state index contributed by atoms with van der Waals surface area (Å²) in [6.45, 7) is 2.79. The average molecular weight is 266 g/mol. The second-order valence-electron chi connectivity index (χ2n) is 4.20. The molecule has 100 valence electrons. The van der Waals surface area contributed by atoms with Crippen LogP contribution in [0.15, 0.2) is 48.9 Å². The van der Waals surface area contributed by atoms with Crippen LogP contribution in [0, 0.1) is 0 Å². The Morgan fingerprint density at radius 3 is 3.00 bits per heavy atom. The van der Waals surface area contributed by atoms with Crippen molar-refractivity contribution in [3.63, 3.8) is 0 Å². The van der Waals surface area contributed by atoms with Crippen LogP contribution in [0.2, 0.25) is 0 Å². The van der Waals surface area contributed by atoms with Crippen LogP contribution in [-0.4, -0.2) is 21.5 Å². The number of fused-ring (bicyclic) bond motifs is 1. The number of nitrogens with zero attached hydrogens (tertiary/aromatic N) is 3. The van der Waals surface area contributed by atoms with Gasteiger partial charge in [-0.25, -0.2) is 0 Å². The molecule has 20 heavy (non-hydrogen) atoms. The van der Waals surface area contributed by atoms with Gasteiger partial charge in [0.1, 0.15) is 11.6 Å². The molecular weight excluding hydrogens is 252 g/mol. The molecule has 3 rings (SSSR count). The van der Waals surface area contributed by atoms with Gasteiger partial charge >= 0.3 is 0 Å². The molecule has 2 heterocycles. The van der Waals surface area contributed by atoms with Crippen molar-refractivity contribution in [2.24, 2.45) is 0 Å². The van der Waals surface area contributed by atoms with Crippen LogP contribution in [0.4, 0.5) is 5.82 Å². The maximum absolute atomic E-state index is 5.83. The number of rotatable bonds is 4. The Kier molecular flexibility index (Phi) is 3.41. The molecule has 5 nitrogen and oxygen atoms in total. The predicted molar refractivity (Wildman–Crippen MR) is 78.0 cm³/mol. The fourth-order valence-electron chi connectivity index (χ4n) is 1.94. The van der Waals surface area contributed by atoms with E-state index in [4.69, 9.17) is 4.74 Å². The van der Waals surface area contributed by atoms with Gasteiger partial charge in [-0.1, -0.05) is 6.07 Å². The highest BCUT2D eigenvalue weighted by atomic mass is 16.5. The second-order valence-corrected chi connectivity index (χ2v) is 4.20. The van der Waals surface area contributed by atoms with Crippen molar-refractivity contribution in [2.75, 3.05) is 11.9 Å². The van der Waals surface area contributed by atoms with Crippen molar-refractivity contribution in [1.29, 1.82) is 0 Å². The smallest absolute Gasteiger partial charge is 0.239 e. The molecular formula is C15H14N4O. The highest BCUT2D eigenvalue weighted by molar-refractivity contribution is 5.85. The summed E-state index contributed by atoms with van der Waals surface area (Å²) in [5, 5.41) is 4.05. The van der Waals surface area contributed by atoms with Crippen LogP contribution < -0.4 is 10.1 Å². The molecule has 2 aromatic heterocycles. The van der Waals surface area contributed by atoms with Gasteiger partial charge in [0.15, 0.2) is 0 Å². The normalized spacial score (nSPS) is 10.4. The molecule has 1 aromatic carbocycles. The maximum atomic E-state index is 5.83. The van der Waals surface area contributed by atoms with E-state index >= 15 is 0 Å². The molecule has 0 aliphatic carbocycles. The summed E-state index contributed by atoms with van der Waals surface area (Å²) in [4.78, 5) is 12.8. The quantitative estimate of drug-likeness (QED) is 0.785. The standard InChI is InChI=1S/C15H14N4O/c1-2-17-14-9-16-10-15(19-14)20-13-7-3-6-12-11(13)5-4-8-18-12/h3-10H,2H2,1H3,(H,17,19). The molecule has 0 spiro atoms. The molecule has 0 unspecified atom stereocenters. The number of ether oxygens (including phenoxy) is 1. The maximum Gasteiger partial charge on any atom is 0.239 e. The van der Waals surface area contributed by atoms with Crippen molar-refractivity contribution in [3.8, 4) is 11.6 Å². The number of aromatic nitrogens is 3. The van der Waals surface area contributed by atoms with Crippen molar-refractivity contribution in [2.45, 2.75) is 6.92 Å². The summed E-state index contributed by atoms with van der Waals surface area (Å²) < 4.78 is 5.83. The third-order valence-corrected chi connectivity index (χ3v) is 2.79. The highest BCUT2D eigenvalue weighted by Gasteiger charge is 2.05. The Morgan fingerprint density at radius 1 is 1.15 bits per heavy atom. The molecule has 0 bridgehead atoms. The monoisotopic (exact) mass is 266 g/mol. The predicted octanol–water partition coefficient (Wildman–Crippen LogP) is 3.25. The number of hydrogen-bond acceptors (Lipinski definition) is 5. The first-order valence-corrected chi connectivity index (χ1v) is 6.44. The van der Waals surface area contributed by atoms with E-state index in [1.807, 2.05) is 37.3 Å². The number of hydrogen-bond donors (Lipinski definition) is 1. The first-order chi connectivity index (χ1) is 9.86. The lowest BCUT2D eigenvalue weighted by Crippen LogP contribution is -2.00. The molecule has 0 atom stereocenters. The zero-order valence-corrected chi connectivity index (χ0v) is 11.1. The fraction of sp³-hybridized carbons (Fsp3) is 0.133. The van der Waals surface area contributed by atoms with Crippen molar-refractivity contribution in [1.82, 2.24) is 15.0 Å². The van der Waals surface area contributed by atoms with E-state index in [0.717, 1.165) is 23.2 Å². The number of anilines is 1. The Labute approximate surface area is 116 Å². The van der Waals surface area contributed by atoms with Gasteiger partial charge in [0.25, 0.3) is 0 Å². The molecule has 0 amide bonds. The Morgan fingerprint density at radius 2 is 2.10 bits per heavy atom. The Balaban J connectivity index is 1.95. The Hall–Kier alpha value is -2.69. The van der Waals surface area contributed by atoms with Crippen LogP contribution in [0.25, 0.3) is 10.9 Å².